The number of alkyl halides is 4. The normalized spacial score (nSPS) is 19.6. The second-order valence-electron chi connectivity index (χ2n) is 8.66. The van der Waals surface area contributed by atoms with E-state index in [-0.39, 0.29) is 18.3 Å². The van der Waals surface area contributed by atoms with Crippen LogP contribution >= 0.6 is 11.9 Å². The van der Waals surface area contributed by atoms with Gasteiger partial charge in [0, 0.05) is 42.5 Å². The molecule has 0 atom stereocenters. The minimum atomic E-state index is -4.15. The number of hydrogen-bond acceptors (Lipinski definition) is 7. The lowest BCUT2D eigenvalue weighted by Crippen LogP contribution is -2.38. The number of hydrogen-bond donors (Lipinski definition) is 2. The van der Waals surface area contributed by atoms with Crippen LogP contribution in [0.5, 0.6) is 0 Å². The molecule has 3 N–H and O–H groups in total. The number of anilines is 1. The van der Waals surface area contributed by atoms with Crippen molar-refractivity contribution in [1.82, 2.24) is 19.2 Å². The van der Waals surface area contributed by atoms with Gasteiger partial charge in [-0.25, -0.2) is 9.29 Å². The third-order valence-corrected chi connectivity index (χ3v) is 7.34. The lowest BCUT2D eigenvalue weighted by Gasteiger charge is -2.24. The number of carbonyl (C=O) groups excluding carboxylic acids is 1. The molecule has 2 aliphatic heterocycles. The summed E-state index contributed by atoms with van der Waals surface area (Å²) in [5.74, 6) is -8.68. The molecule has 4 rings (SSSR count). The Bertz CT molecular complexity index is 1180. The number of aromatic nitrogens is 2. The second-order valence-corrected chi connectivity index (χ2v) is 9.80. The van der Waals surface area contributed by atoms with E-state index in [9.17, 15) is 22.4 Å². The highest BCUT2D eigenvalue weighted by atomic mass is 32.2. The van der Waals surface area contributed by atoms with Crippen LogP contribution in [-0.4, -0.2) is 70.0 Å². The van der Waals surface area contributed by atoms with Crippen molar-refractivity contribution in [3.63, 3.8) is 0 Å². The molecule has 0 aliphatic carbocycles. The number of halogens is 4. The van der Waals surface area contributed by atoms with E-state index in [2.05, 4.69) is 19.6 Å². The fourth-order valence-corrected chi connectivity index (χ4v) is 5.15. The molecule has 8 nitrogen and oxygen atoms in total. The van der Waals surface area contributed by atoms with Crippen molar-refractivity contribution in [2.45, 2.75) is 30.2 Å². The van der Waals surface area contributed by atoms with E-state index in [1.54, 1.807) is 35.9 Å². The zero-order valence-corrected chi connectivity index (χ0v) is 20.7. The molecule has 194 valence electrons. The molecule has 0 saturated carbocycles. The Morgan fingerprint density at radius 3 is 2.69 bits per heavy atom. The maximum Gasteiger partial charge on any atom is 0.329 e. The molecule has 0 bridgehead atoms. The molecular formula is C23H27F4N7OS. The van der Waals surface area contributed by atoms with Gasteiger partial charge < -0.3 is 20.5 Å². The number of carbonyl (C=O) groups is 1. The summed E-state index contributed by atoms with van der Waals surface area (Å²) in [6.07, 6.45) is 4.57. The van der Waals surface area contributed by atoms with Crippen LogP contribution in [0.3, 0.4) is 0 Å². The molecular weight excluding hydrogens is 498 g/mol. The van der Waals surface area contributed by atoms with Crippen molar-refractivity contribution in [2.75, 3.05) is 37.6 Å². The molecule has 0 radical (unpaired) electrons. The molecule has 1 fully saturated rings. The zero-order chi connectivity index (χ0) is 26.1. The number of amides is 1. The summed E-state index contributed by atoms with van der Waals surface area (Å²) in [4.78, 5) is 23.2. The van der Waals surface area contributed by atoms with E-state index >= 15 is 0 Å². The standard InChI is InChI=1S/C23H27F4N7OS/c1-15-19(36-34-9-8-29-17(12-34)5-6-28)10-18(32(15)2)21(35)31-11-16-4-3-7-30-20(16)33-13-22(24,25)23(26,27)14-33/h3-7,10H,8-9,11-14,28H2,1-2H3,(H,31,35)/b6-5-. The van der Waals surface area contributed by atoms with E-state index in [0.29, 0.717) is 24.3 Å². The molecule has 36 heavy (non-hydrogen) atoms. The lowest BCUT2D eigenvalue weighted by atomic mass is 10.2. The third-order valence-electron chi connectivity index (χ3n) is 6.16. The topological polar surface area (TPSA) is 91.8 Å². The molecule has 2 aromatic heterocycles. The number of aliphatic imine (C=N–C) groups is 1. The first kappa shape index (κ1) is 26.0. The maximum absolute atomic E-state index is 13.7. The van der Waals surface area contributed by atoms with Crippen LogP contribution < -0.4 is 16.0 Å². The van der Waals surface area contributed by atoms with Gasteiger partial charge in [0.1, 0.15) is 11.5 Å². The van der Waals surface area contributed by atoms with Crippen LogP contribution in [0, 0.1) is 6.92 Å². The molecule has 1 amide bonds. The summed E-state index contributed by atoms with van der Waals surface area (Å²) in [6, 6.07) is 4.92. The number of nitrogens with one attached hydrogen (secondary N) is 1. The Morgan fingerprint density at radius 2 is 2.00 bits per heavy atom. The van der Waals surface area contributed by atoms with E-state index in [1.807, 2.05) is 6.92 Å². The van der Waals surface area contributed by atoms with Gasteiger partial charge >= 0.3 is 11.8 Å². The monoisotopic (exact) mass is 525 g/mol. The predicted molar refractivity (Wildman–Crippen MR) is 131 cm³/mol. The van der Waals surface area contributed by atoms with E-state index in [1.165, 1.54) is 24.3 Å². The minimum Gasteiger partial charge on any atom is -0.405 e. The van der Waals surface area contributed by atoms with Crippen LogP contribution in [-0.2, 0) is 13.6 Å². The molecule has 13 heteroatoms. The molecule has 0 unspecified atom stereocenters. The lowest BCUT2D eigenvalue weighted by molar-refractivity contribution is -0.172. The highest BCUT2D eigenvalue weighted by Crippen LogP contribution is 2.42. The van der Waals surface area contributed by atoms with Gasteiger partial charge in [0.05, 0.1) is 31.9 Å². The largest absolute Gasteiger partial charge is 0.405 e. The van der Waals surface area contributed by atoms with E-state index in [4.69, 9.17) is 5.73 Å². The predicted octanol–water partition coefficient (Wildman–Crippen LogP) is 2.99. The van der Waals surface area contributed by atoms with Crippen molar-refractivity contribution in [2.24, 2.45) is 17.8 Å². The number of nitrogens with two attached hydrogens (primary N) is 1. The number of nitrogens with zero attached hydrogens (tertiary/aromatic N) is 5. The molecule has 2 aromatic rings. The van der Waals surface area contributed by atoms with Crippen molar-refractivity contribution >= 4 is 29.4 Å². The van der Waals surface area contributed by atoms with Crippen molar-refractivity contribution in [1.29, 1.82) is 0 Å². The first-order chi connectivity index (χ1) is 17.0. The average Bonchev–Trinajstić information content (AvgIpc) is 3.23. The Kier molecular flexibility index (Phi) is 7.32. The van der Waals surface area contributed by atoms with Gasteiger partial charge in [-0.05, 0) is 43.3 Å². The van der Waals surface area contributed by atoms with Crippen LogP contribution in [0.2, 0.25) is 0 Å². The Morgan fingerprint density at radius 1 is 1.28 bits per heavy atom. The van der Waals surface area contributed by atoms with Crippen LogP contribution in [0.15, 0.2) is 46.6 Å². The van der Waals surface area contributed by atoms with Gasteiger partial charge in [0.2, 0.25) is 0 Å². The molecule has 0 spiro atoms. The summed E-state index contributed by atoms with van der Waals surface area (Å²) in [5.41, 5.74) is 8.02. The Labute approximate surface area is 210 Å². The first-order valence-electron chi connectivity index (χ1n) is 11.3. The maximum atomic E-state index is 13.7. The molecule has 4 heterocycles. The highest BCUT2D eigenvalue weighted by Gasteiger charge is 2.63. The second kappa shape index (κ2) is 10.1. The third kappa shape index (κ3) is 5.21. The summed E-state index contributed by atoms with van der Waals surface area (Å²) >= 11 is 1.52. The van der Waals surface area contributed by atoms with Crippen LogP contribution in [0.4, 0.5) is 23.4 Å². The molecule has 0 aromatic carbocycles. The van der Waals surface area contributed by atoms with Crippen LogP contribution in [0.25, 0.3) is 0 Å². The SMILES string of the molecule is Cc1c(SN2CCN=C(/C=C\N)C2)cc(C(=O)NCc2cccnc2N2CC(F)(F)C(F)(F)C2)n1C. The van der Waals surface area contributed by atoms with Gasteiger partial charge in [0.25, 0.3) is 5.91 Å². The number of pyridine rings is 1. The fourth-order valence-electron chi connectivity index (χ4n) is 4.07. The smallest absolute Gasteiger partial charge is 0.329 e. The minimum absolute atomic E-state index is 0.00283. The average molecular weight is 526 g/mol. The quantitative estimate of drug-likeness (QED) is 0.427. The molecule has 1 saturated heterocycles. The van der Waals surface area contributed by atoms with E-state index < -0.39 is 24.9 Å². The molecule has 2 aliphatic rings. The summed E-state index contributed by atoms with van der Waals surface area (Å²) in [6.45, 7) is 1.59. The van der Waals surface area contributed by atoms with Gasteiger partial charge in [-0.3, -0.25) is 9.79 Å². The zero-order valence-electron chi connectivity index (χ0n) is 19.8. The van der Waals surface area contributed by atoms with Crippen molar-refractivity contribution in [3.05, 3.63) is 53.6 Å². The summed E-state index contributed by atoms with van der Waals surface area (Å²) in [5, 5.41) is 2.76. The van der Waals surface area contributed by atoms with Gasteiger partial charge in [0.15, 0.2) is 0 Å². The number of rotatable bonds is 7. The van der Waals surface area contributed by atoms with Crippen molar-refractivity contribution in [3.8, 4) is 0 Å². The summed E-state index contributed by atoms with van der Waals surface area (Å²) < 4.78 is 58.8. The fraction of sp³-hybridized carbons (Fsp3) is 0.435. The Hall–Kier alpha value is -3.06. The Balaban J connectivity index is 1.44. The first-order valence-corrected chi connectivity index (χ1v) is 12.0. The van der Waals surface area contributed by atoms with Gasteiger partial charge in [-0.1, -0.05) is 6.07 Å². The van der Waals surface area contributed by atoms with Crippen molar-refractivity contribution < 1.29 is 22.4 Å². The van der Waals surface area contributed by atoms with Crippen LogP contribution in [0.1, 0.15) is 21.7 Å². The highest BCUT2D eigenvalue weighted by molar-refractivity contribution is 7.97. The van der Waals surface area contributed by atoms with E-state index in [0.717, 1.165) is 27.7 Å². The van der Waals surface area contributed by atoms with Gasteiger partial charge in [-0.2, -0.15) is 17.6 Å². The van der Waals surface area contributed by atoms with Gasteiger partial charge in [-0.15, -0.1) is 0 Å². The summed E-state index contributed by atoms with van der Waals surface area (Å²) in [7, 11) is 1.78.